The van der Waals surface area contributed by atoms with Gasteiger partial charge in [-0.1, -0.05) is 41.9 Å². The average molecular weight is 435 g/mol. The number of halogens is 1. The number of aryl methyl sites for hydroxylation is 1. The Hall–Kier alpha value is -3.51. The molecule has 1 atom stereocenters. The molecule has 0 aliphatic heterocycles. The molecule has 0 bridgehead atoms. The zero-order valence-corrected chi connectivity index (χ0v) is 17.6. The Morgan fingerprint density at radius 1 is 1.03 bits per heavy atom. The number of hydrogen-bond donors (Lipinski definition) is 4. The van der Waals surface area contributed by atoms with Gasteiger partial charge in [0.25, 0.3) is 5.91 Å². The zero-order chi connectivity index (χ0) is 21.8. The SMILES string of the molecule is Nc1ccccc1NC(=O)c1ccc2c(c1)CCC2NC(=O)NCc1ccc(Cl)cc1. The second-order valence-electron chi connectivity index (χ2n) is 7.50. The standard InChI is InChI=1S/C24H23ClN4O2/c25-18-9-5-15(6-10-18)14-27-24(31)29-21-12-8-16-13-17(7-11-19(16)21)23(30)28-22-4-2-1-3-20(22)26/h1-7,9-11,13,21H,8,12,14,26H2,(H,28,30)(H2,27,29,31). The van der Waals surface area contributed by atoms with E-state index in [2.05, 4.69) is 16.0 Å². The highest BCUT2D eigenvalue weighted by molar-refractivity contribution is 6.30. The molecule has 0 saturated heterocycles. The van der Waals surface area contributed by atoms with E-state index >= 15 is 0 Å². The summed E-state index contributed by atoms with van der Waals surface area (Å²) >= 11 is 5.88. The zero-order valence-electron chi connectivity index (χ0n) is 16.8. The van der Waals surface area contributed by atoms with Gasteiger partial charge in [0, 0.05) is 17.1 Å². The van der Waals surface area contributed by atoms with Crippen LogP contribution in [0.15, 0.2) is 66.7 Å². The number of rotatable bonds is 5. The Balaban J connectivity index is 1.36. The third kappa shape index (κ3) is 4.98. The van der Waals surface area contributed by atoms with Crippen LogP contribution >= 0.6 is 11.6 Å². The van der Waals surface area contributed by atoms with E-state index in [4.69, 9.17) is 17.3 Å². The van der Waals surface area contributed by atoms with E-state index in [0.29, 0.717) is 28.5 Å². The van der Waals surface area contributed by atoms with Gasteiger partial charge >= 0.3 is 6.03 Å². The van der Waals surface area contributed by atoms with Gasteiger partial charge in [-0.05, 0) is 65.9 Å². The van der Waals surface area contributed by atoms with Crippen LogP contribution < -0.4 is 21.7 Å². The fourth-order valence-corrected chi connectivity index (χ4v) is 3.83. The third-order valence-corrected chi connectivity index (χ3v) is 5.62. The molecule has 3 amide bonds. The predicted molar refractivity (Wildman–Crippen MR) is 123 cm³/mol. The monoisotopic (exact) mass is 434 g/mol. The van der Waals surface area contributed by atoms with Crippen molar-refractivity contribution in [2.45, 2.75) is 25.4 Å². The first kappa shape index (κ1) is 20.8. The van der Waals surface area contributed by atoms with Gasteiger partial charge < -0.3 is 21.7 Å². The smallest absolute Gasteiger partial charge is 0.315 e. The van der Waals surface area contributed by atoms with E-state index in [9.17, 15) is 9.59 Å². The highest BCUT2D eigenvalue weighted by Gasteiger charge is 2.25. The summed E-state index contributed by atoms with van der Waals surface area (Å²) in [6.07, 6.45) is 1.59. The van der Waals surface area contributed by atoms with Crippen LogP contribution in [0.2, 0.25) is 5.02 Å². The number of carbonyl (C=O) groups excluding carboxylic acids is 2. The molecule has 0 spiro atoms. The molecular formula is C24H23ClN4O2. The lowest BCUT2D eigenvalue weighted by Gasteiger charge is -2.15. The number of anilines is 2. The summed E-state index contributed by atoms with van der Waals surface area (Å²) in [5.41, 5.74) is 10.7. The molecule has 1 aliphatic rings. The maximum atomic E-state index is 12.6. The molecule has 0 heterocycles. The van der Waals surface area contributed by atoms with Crippen LogP contribution in [-0.2, 0) is 13.0 Å². The predicted octanol–water partition coefficient (Wildman–Crippen LogP) is 4.66. The normalized spacial score (nSPS) is 14.5. The largest absolute Gasteiger partial charge is 0.397 e. The van der Waals surface area contributed by atoms with E-state index in [1.165, 1.54) is 0 Å². The van der Waals surface area contributed by atoms with Crippen molar-refractivity contribution in [2.75, 3.05) is 11.1 Å². The number of nitrogens with two attached hydrogens (primary N) is 1. The molecule has 31 heavy (non-hydrogen) atoms. The first-order valence-corrected chi connectivity index (χ1v) is 10.4. The molecule has 0 saturated carbocycles. The number of nitrogen functional groups attached to an aromatic ring is 1. The van der Waals surface area contributed by atoms with Crippen molar-refractivity contribution in [2.24, 2.45) is 0 Å². The van der Waals surface area contributed by atoms with Gasteiger partial charge in [0.15, 0.2) is 0 Å². The van der Waals surface area contributed by atoms with Crippen molar-refractivity contribution in [3.63, 3.8) is 0 Å². The first-order valence-electron chi connectivity index (χ1n) is 10.1. The summed E-state index contributed by atoms with van der Waals surface area (Å²) in [6, 6.07) is 19.8. The number of urea groups is 1. The molecule has 0 aromatic heterocycles. The minimum absolute atomic E-state index is 0.0814. The number of fused-ring (bicyclic) bond motifs is 1. The van der Waals surface area contributed by atoms with Crippen LogP contribution in [0.4, 0.5) is 16.2 Å². The third-order valence-electron chi connectivity index (χ3n) is 5.36. The van der Waals surface area contributed by atoms with Crippen molar-refractivity contribution in [3.05, 3.63) is 94.0 Å². The van der Waals surface area contributed by atoms with E-state index in [-0.39, 0.29) is 18.0 Å². The van der Waals surface area contributed by atoms with Gasteiger partial charge in [-0.15, -0.1) is 0 Å². The summed E-state index contributed by atoms with van der Waals surface area (Å²) in [5, 5.41) is 9.40. The summed E-state index contributed by atoms with van der Waals surface area (Å²) in [4.78, 5) is 24.9. The molecule has 4 rings (SSSR count). The van der Waals surface area contributed by atoms with E-state index < -0.39 is 0 Å². The van der Waals surface area contributed by atoms with Crippen LogP contribution in [0.1, 0.15) is 39.5 Å². The average Bonchev–Trinajstić information content (AvgIpc) is 3.17. The van der Waals surface area contributed by atoms with Crippen LogP contribution in [0.25, 0.3) is 0 Å². The Morgan fingerprint density at radius 2 is 1.81 bits per heavy atom. The lowest BCUT2D eigenvalue weighted by molar-refractivity contribution is 0.102. The second-order valence-corrected chi connectivity index (χ2v) is 7.94. The Labute approximate surface area is 185 Å². The molecule has 3 aromatic rings. The van der Waals surface area contributed by atoms with E-state index in [1.54, 1.807) is 30.3 Å². The van der Waals surface area contributed by atoms with E-state index in [0.717, 1.165) is 29.5 Å². The Morgan fingerprint density at radius 3 is 2.58 bits per heavy atom. The quantitative estimate of drug-likeness (QED) is 0.439. The molecule has 3 aromatic carbocycles. The maximum Gasteiger partial charge on any atom is 0.315 e. The number of benzene rings is 3. The molecule has 1 unspecified atom stereocenters. The minimum atomic E-state index is -0.228. The molecule has 1 aliphatic carbocycles. The lowest BCUT2D eigenvalue weighted by atomic mass is 10.0. The number of para-hydroxylation sites is 2. The van der Waals surface area contributed by atoms with E-state index in [1.807, 2.05) is 36.4 Å². The highest BCUT2D eigenvalue weighted by atomic mass is 35.5. The van der Waals surface area contributed by atoms with Gasteiger partial charge in [-0.2, -0.15) is 0 Å². The van der Waals surface area contributed by atoms with Crippen LogP contribution in [-0.4, -0.2) is 11.9 Å². The highest BCUT2D eigenvalue weighted by Crippen LogP contribution is 2.32. The number of carbonyl (C=O) groups is 2. The maximum absolute atomic E-state index is 12.6. The molecule has 0 radical (unpaired) electrons. The van der Waals surface area contributed by atoms with Gasteiger partial charge in [0.1, 0.15) is 0 Å². The number of nitrogens with one attached hydrogen (secondary N) is 3. The first-order chi connectivity index (χ1) is 15.0. The number of amides is 3. The van der Waals surface area contributed by atoms with Crippen molar-refractivity contribution in [3.8, 4) is 0 Å². The fraction of sp³-hybridized carbons (Fsp3) is 0.167. The summed E-state index contributed by atoms with van der Waals surface area (Å²) in [5.74, 6) is -0.210. The van der Waals surface area contributed by atoms with Gasteiger partial charge in [-0.25, -0.2) is 4.79 Å². The summed E-state index contributed by atoms with van der Waals surface area (Å²) in [7, 11) is 0. The van der Waals surface area contributed by atoms with Crippen molar-refractivity contribution in [1.29, 1.82) is 0 Å². The summed E-state index contributed by atoms with van der Waals surface area (Å²) < 4.78 is 0. The van der Waals surface area contributed by atoms with Crippen LogP contribution in [0, 0.1) is 0 Å². The van der Waals surface area contributed by atoms with Gasteiger partial charge in [-0.3, -0.25) is 4.79 Å². The Bertz CT molecular complexity index is 1110. The minimum Gasteiger partial charge on any atom is -0.397 e. The molecule has 7 heteroatoms. The van der Waals surface area contributed by atoms with Crippen molar-refractivity contribution >= 4 is 34.9 Å². The van der Waals surface area contributed by atoms with Crippen molar-refractivity contribution < 1.29 is 9.59 Å². The van der Waals surface area contributed by atoms with Crippen molar-refractivity contribution in [1.82, 2.24) is 10.6 Å². The molecule has 5 N–H and O–H groups in total. The summed E-state index contributed by atoms with van der Waals surface area (Å²) in [6.45, 7) is 0.421. The van der Waals surface area contributed by atoms with Gasteiger partial charge in [0.05, 0.1) is 17.4 Å². The lowest BCUT2D eigenvalue weighted by Crippen LogP contribution is -2.36. The topological polar surface area (TPSA) is 96.2 Å². The van der Waals surface area contributed by atoms with Crippen LogP contribution in [0.5, 0.6) is 0 Å². The molecule has 6 nitrogen and oxygen atoms in total. The fourth-order valence-electron chi connectivity index (χ4n) is 3.71. The van der Waals surface area contributed by atoms with Gasteiger partial charge in [0.2, 0.25) is 0 Å². The molecule has 0 fully saturated rings. The second kappa shape index (κ2) is 9.10. The Kier molecular flexibility index (Phi) is 6.09. The number of hydrogen-bond acceptors (Lipinski definition) is 3. The molecular weight excluding hydrogens is 412 g/mol. The molecule has 158 valence electrons. The van der Waals surface area contributed by atoms with Crippen LogP contribution in [0.3, 0.4) is 0 Å².